The number of nitrogens with two attached hydrogens (primary N) is 1. The zero-order valence-electron chi connectivity index (χ0n) is 22.3. The molecule has 0 spiro atoms. The molecular weight excluding hydrogens is 426 g/mol. The van der Waals surface area contributed by atoms with Crippen molar-refractivity contribution in [3.05, 3.63) is 18.0 Å². The summed E-state index contributed by atoms with van der Waals surface area (Å²) in [7, 11) is 3.85. The number of nitrogens with one attached hydrogen (secondary N) is 1. The maximum absolute atomic E-state index is 10.9. The van der Waals surface area contributed by atoms with Gasteiger partial charge in [0.25, 0.3) is 0 Å². The van der Waals surface area contributed by atoms with Gasteiger partial charge in [-0.05, 0) is 75.7 Å². The largest absolute Gasteiger partial charge is 0.390 e. The van der Waals surface area contributed by atoms with Crippen molar-refractivity contribution in [2.24, 2.45) is 22.7 Å². The number of aromatic nitrogens is 2. The van der Waals surface area contributed by atoms with Gasteiger partial charge < -0.3 is 20.5 Å². The first-order valence-corrected chi connectivity index (χ1v) is 13.0. The molecular formula is C27H46N5O2+. The molecule has 0 aromatic carbocycles. The quantitative estimate of drug-likeness (QED) is 0.551. The molecule has 0 saturated heterocycles. The Kier molecular flexibility index (Phi) is 6.77. The topological polar surface area (TPSA) is 88.9 Å². The number of quaternary nitrogens is 1. The van der Waals surface area contributed by atoms with E-state index in [0.29, 0.717) is 17.7 Å². The number of hydrogen-bond acceptors (Lipinski definition) is 6. The smallest absolute Gasteiger partial charge is 0.218 e. The summed E-state index contributed by atoms with van der Waals surface area (Å²) in [6, 6.07) is 0. The summed E-state index contributed by atoms with van der Waals surface area (Å²) in [6.07, 6.45) is 10.0. The molecule has 190 valence electrons. The Morgan fingerprint density at radius 1 is 1.29 bits per heavy atom. The Labute approximate surface area is 205 Å². The summed E-state index contributed by atoms with van der Waals surface area (Å²) in [5, 5.41) is 10.9. The molecule has 2 fully saturated rings. The normalized spacial score (nSPS) is 40.2. The van der Waals surface area contributed by atoms with Gasteiger partial charge in [0.1, 0.15) is 12.9 Å². The molecule has 1 aliphatic heterocycles. The molecule has 0 bridgehead atoms. The van der Waals surface area contributed by atoms with Crippen LogP contribution in [0.5, 0.6) is 0 Å². The number of methoxy groups -OCH3 is 1. The summed E-state index contributed by atoms with van der Waals surface area (Å²) >= 11 is 0. The minimum atomic E-state index is -0.483. The Bertz CT molecular complexity index is 938. The lowest BCUT2D eigenvalue weighted by molar-refractivity contribution is -0.818. The summed E-state index contributed by atoms with van der Waals surface area (Å²) in [5.41, 5.74) is 8.39. The fraction of sp³-hybridized carbons (Fsp3) is 0.778. The molecule has 1 unspecified atom stereocenters. The van der Waals surface area contributed by atoms with Crippen molar-refractivity contribution < 1.29 is 14.7 Å². The number of fused-ring (bicyclic) bond motifs is 2. The van der Waals surface area contributed by atoms with Crippen LogP contribution in [0, 0.1) is 22.7 Å². The van der Waals surface area contributed by atoms with Crippen LogP contribution in [0.25, 0.3) is 0 Å². The number of hydrogen-bond donors (Lipinski definition) is 3. The Morgan fingerprint density at radius 3 is 2.74 bits per heavy atom. The molecule has 4 rings (SSSR count). The number of anilines is 2. The molecule has 2 heterocycles. The lowest BCUT2D eigenvalue weighted by Crippen LogP contribution is -3.06. The molecule has 3 aliphatic rings. The van der Waals surface area contributed by atoms with Crippen molar-refractivity contribution >= 4 is 17.3 Å². The van der Waals surface area contributed by atoms with E-state index in [-0.39, 0.29) is 16.9 Å². The van der Waals surface area contributed by atoms with Gasteiger partial charge in [-0.1, -0.05) is 26.3 Å². The number of aliphatic hydroxyl groups excluding tert-OH is 1. The Balaban J connectivity index is 1.48. The molecule has 2 aliphatic carbocycles. The summed E-state index contributed by atoms with van der Waals surface area (Å²) in [5.74, 6) is 2.74. The molecule has 1 aromatic heterocycles. The van der Waals surface area contributed by atoms with Crippen LogP contribution in [-0.4, -0.2) is 54.2 Å². The molecule has 0 amide bonds. The van der Waals surface area contributed by atoms with E-state index in [1.54, 1.807) is 13.4 Å². The number of rotatable bonds is 6. The summed E-state index contributed by atoms with van der Waals surface area (Å²) in [4.78, 5) is 12.1. The highest BCUT2D eigenvalue weighted by atomic mass is 16.5. The second-order valence-electron chi connectivity index (χ2n) is 12.0. The average molecular weight is 473 g/mol. The third-order valence-electron chi connectivity index (χ3n) is 10.5. The van der Waals surface area contributed by atoms with Gasteiger partial charge in [0.2, 0.25) is 11.5 Å². The second-order valence-corrected chi connectivity index (χ2v) is 12.0. The van der Waals surface area contributed by atoms with Gasteiger partial charge in [0, 0.05) is 19.6 Å². The van der Waals surface area contributed by atoms with Gasteiger partial charge in [-0.15, -0.1) is 0 Å². The maximum Gasteiger partial charge on any atom is 0.218 e. The molecule has 7 nitrogen and oxygen atoms in total. The maximum atomic E-state index is 10.9. The van der Waals surface area contributed by atoms with Gasteiger partial charge in [-0.25, -0.2) is 9.97 Å². The average Bonchev–Trinajstić information content (AvgIpc) is 3.14. The molecule has 34 heavy (non-hydrogen) atoms. The van der Waals surface area contributed by atoms with E-state index in [1.807, 2.05) is 0 Å². The number of nitrogens with zero attached hydrogens (tertiary/aromatic N) is 3. The van der Waals surface area contributed by atoms with Crippen LogP contribution in [0.2, 0.25) is 0 Å². The Morgan fingerprint density at radius 2 is 2.03 bits per heavy atom. The predicted octanol–water partition coefficient (Wildman–Crippen LogP) is 3.33. The standard InChI is InChI=1S/C27H45N5O2/c1-18(12-15-32-17-31(6)24-22(32)23(28)29-16-30-24)10-13-25(3)19(2)11-14-26(4)20(25)8-9-21(33)27(26,5)34-7/h12,16,19-21,33H,8-11,13-15,17H2,1-7H3,(H2,28,29,30)/p+1/b18-12+/t19-,20-,21-,25+,26-,27+/m1/s1. The van der Waals surface area contributed by atoms with Crippen molar-refractivity contribution in [2.75, 3.05) is 38.0 Å². The van der Waals surface area contributed by atoms with Crippen LogP contribution < -0.4 is 15.5 Å². The monoisotopic (exact) mass is 472 g/mol. The van der Waals surface area contributed by atoms with Gasteiger partial charge in [0.05, 0.1) is 11.7 Å². The number of allylic oxidation sites excluding steroid dienone is 1. The fourth-order valence-corrected chi connectivity index (χ4v) is 7.60. The van der Waals surface area contributed by atoms with E-state index in [0.717, 1.165) is 50.4 Å². The van der Waals surface area contributed by atoms with Gasteiger partial charge in [-0.3, -0.25) is 4.90 Å². The molecule has 7 heteroatoms. The first kappa shape index (κ1) is 25.4. The molecule has 1 aromatic rings. The molecule has 7 atom stereocenters. The highest BCUT2D eigenvalue weighted by molar-refractivity contribution is 5.69. The van der Waals surface area contributed by atoms with E-state index >= 15 is 0 Å². The number of nitrogen functional groups attached to an aromatic ring is 1. The predicted molar refractivity (Wildman–Crippen MR) is 137 cm³/mol. The third kappa shape index (κ3) is 3.84. The zero-order valence-corrected chi connectivity index (χ0v) is 22.3. The van der Waals surface area contributed by atoms with Crippen molar-refractivity contribution in [3.63, 3.8) is 0 Å². The second kappa shape index (κ2) is 9.07. The van der Waals surface area contributed by atoms with Crippen LogP contribution in [0.15, 0.2) is 18.0 Å². The van der Waals surface area contributed by atoms with Gasteiger partial charge in [0.15, 0.2) is 12.5 Å². The highest BCUT2D eigenvalue weighted by Gasteiger charge is 2.63. The minimum absolute atomic E-state index is 0.0101. The lowest BCUT2D eigenvalue weighted by atomic mass is 9.43. The summed E-state index contributed by atoms with van der Waals surface area (Å²) < 4.78 is 6.07. The van der Waals surface area contributed by atoms with Crippen LogP contribution in [0.4, 0.5) is 17.3 Å². The SMILES string of the molecule is CO[C@@]1(C)[C@H](O)CC[C@@H]2[C@@](C)(CC/C(C)=C/C[NH+]3CN(C)c4ncnc(N)c43)[C@H](C)CC[C@]21C. The van der Waals surface area contributed by atoms with Crippen LogP contribution in [-0.2, 0) is 4.74 Å². The van der Waals surface area contributed by atoms with Gasteiger partial charge in [-0.2, -0.15) is 0 Å². The fourth-order valence-electron chi connectivity index (χ4n) is 7.60. The van der Waals surface area contributed by atoms with Crippen molar-refractivity contribution in [2.45, 2.75) is 84.8 Å². The van der Waals surface area contributed by atoms with Crippen molar-refractivity contribution in [3.8, 4) is 0 Å². The highest BCUT2D eigenvalue weighted by Crippen LogP contribution is 2.65. The summed E-state index contributed by atoms with van der Waals surface area (Å²) in [6.45, 7) is 13.5. The Hall–Kier alpha value is -1.70. The van der Waals surface area contributed by atoms with E-state index in [9.17, 15) is 5.11 Å². The molecule has 4 N–H and O–H groups in total. The van der Waals surface area contributed by atoms with E-state index in [2.05, 4.69) is 62.6 Å². The van der Waals surface area contributed by atoms with Crippen molar-refractivity contribution in [1.82, 2.24) is 9.97 Å². The van der Waals surface area contributed by atoms with E-state index in [4.69, 9.17) is 10.5 Å². The van der Waals surface area contributed by atoms with E-state index < -0.39 is 5.60 Å². The van der Waals surface area contributed by atoms with E-state index in [1.165, 1.54) is 23.3 Å². The molecule has 2 saturated carbocycles. The third-order valence-corrected chi connectivity index (χ3v) is 10.5. The minimum Gasteiger partial charge on any atom is -0.390 e. The number of ether oxygens (including phenoxy) is 1. The van der Waals surface area contributed by atoms with Gasteiger partial charge >= 0.3 is 0 Å². The lowest BCUT2D eigenvalue weighted by Gasteiger charge is -2.65. The van der Waals surface area contributed by atoms with Crippen LogP contribution in [0.1, 0.15) is 73.1 Å². The zero-order chi connectivity index (χ0) is 24.9. The van der Waals surface area contributed by atoms with Crippen molar-refractivity contribution in [1.29, 1.82) is 0 Å². The first-order chi connectivity index (χ1) is 16.0. The molecule has 0 radical (unpaired) electrons. The first-order valence-electron chi connectivity index (χ1n) is 13.0. The van der Waals surface area contributed by atoms with Crippen LogP contribution in [0.3, 0.4) is 0 Å². The number of aliphatic hydroxyl groups is 1. The van der Waals surface area contributed by atoms with Crippen LogP contribution >= 0.6 is 0 Å².